The number of carboxylic acid groups (broad SMARTS) is 1. The molecule has 1 spiro atoms. The van der Waals surface area contributed by atoms with Crippen molar-refractivity contribution in [1.82, 2.24) is 5.32 Å². The number of esters is 1. The van der Waals surface area contributed by atoms with E-state index in [4.69, 9.17) is 4.74 Å². The third kappa shape index (κ3) is 8.21. The van der Waals surface area contributed by atoms with E-state index >= 15 is 0 Å². The van der Waals surface area contributed by atoms with Crippen molar-refractivity contribution >= 4 is 29.2 Å². The van der Waals surface area contributed by atoms with E-state index in [-0.39, 0.29) is 40.9 Å². The number of phenolic OH excluding ortho intramolecular Hbond substituents is 8. The number of aromatic hydroxyl groups is 8. The van der Waals surface area contributed by atoms with Gasteiger partial charge in [0, 0.05) is 40.6 Å². The van der Waals surface area contributed by atoms with Gasteiger partial charge in [0.05, 0.1) is 0 Å². The van der Waals surface area contributed by atoms with Crippen LogP contribution in [-0.2, 0) is 32.6 Å². The second-order valence-electron chi connectivity index (χ2n) is 16.9. The molecule has 4 aromatic rings. The van der Waals surface area contributed by atoms with Gasteiger partial charge < -0.3 is 56.0 Å². The highest BCUT2D eigenvalue weighted by molar-refractivity contribution is 6.00. The van der Waals surface area contributed by atoms with Crippen molar-refractivity contribution in [3.63, 3.8) is 0 Å². The molecule has 1 saturated carbocycles. The number of allylic oxidation sites excluding steroid dienone is 2. The Morgan fingerprint density at radius 1 is 0.790 bits per heavy atom. The Hall–Kier alpha value is -6.34. The molecule has 0 bridgehead atoms. The average Bonchev–Trinajstić information content (AvgIpc) is 3.60. The van der Waals surface area contributed by atoms with E-state index in [9.17, 15) is 55.5 Å². The molecule has 13 nitrogen and oxygen atoms in total. The molecular weight excluding hydrogens is 795 g/mol. The highest BCUT2D eigenvalue weighted by Gasteiger charge is 2.45. The number of fused-ring (bicyclic) bond motifs is 5. The molecule has 13 heteroatoms. The van der Waals surface area contributed by atoms with E-state index < -0.39 is 46.6 Å². The Morgan fingerprint density at radius 2 is 1.47 bits per heavy atom. The maximum absolute atomic E-state index is 14.1. The first kappa shape index (κ1) is 43.7. The summed E-state index contributed by atoms with van der Waals surface area (Å²) < 4.78 is 5.74. The van der Waals surface area contributed by atoms with Gasteiger partial charge in [-0.25, -0.2) is 9.59 Å². The number of rotatable bonds is 14. The minimum atomic E-state index is -1.81. The van der Waals surface area contributed by atoms with Crippen LogP contribution in [0.2, 0.25) is 0 Å². The second kappa shape index (κ2) is 17.9. The predicted octanol–water partition coefficient (Wildman–Crippen LogP) is 8.60. The number of phenols is 8. The minimum Gasteiger partial charge on any atom is -0.508 e. The summed E-state index contributed by atoms with van der Waals surface area (Å²) in [5.74, 6) is -6.76. The van der Waals surface area contributed by atoms with Gasteiger partial charge in [0.15, 0.2) is 40.2 Å². The maximum atomic E-state index is 14.1. The van der Waals surface area contributed by atoms with Gasteiger partial charge in [0.1, 0.15) is 5.75 Å². The van der Waals surface area contributed by atoms with Gasteiger partial charge in [-0.1, -0.05) is 57.7 Å². The predicted molar refractivity (Wildman–Crippen MR) is 234 cm³/mol. The van der Waals surface area contributed by atoms with Gasteiger partial charge >= 0.3 is 11.9 Å². The van der Waals surface area contributed by atoms with Gasteiger partial charge in [0.2, 0.25) is 6.10 Å². The fourth-order valence-corrected chi connectivity index (χ4v) is 9.98. The summed E-state index contributed by atoms with van der Waals surface area (Å²) in [6.45, 7) is 4.21. The molecule has 10 N–H and O–H groups in total. The quantitative estimate of drug-likeness (QED) is 0.0248. The van der Waals surface area contributed by atoms with Crippen molar-refractivity contribution in [2.45, 2.75) is 108 Å². The molecule has 0 amide bonds. The number of benzene rings is 4. The lowest BCUT2D eigenvalue weighted by molar-refractivity contribution is -0.162. The van der Waals surface area contributed by atoms with Crippen LogP contribution in [0.15, 0.2) is 48.5 Å². The van der Waals surface area contributed by atoms with Crippen LogP contribution in [0.5, 0.6) is 46.0 Å². The van der Waals surface area contributed by atoms with Crippen molar-refractivity contribution < 1.29 is 60.3 Å². The zero-order valence-corrected chi connectivity index (χ0v) is 35.0. The number of hydrogen-bond acceptors (Lipinski definition) is 12. The number of carbonyl (C=O) groups is 2. The molecule has 1 fully saturated rings. The van der Waals surface area contributed by atoms with Gasteiger partial charge in [-0.15, -0.1) is 0 Å². The van der Waals surface area contributed by atoms with Gasteiger partial charge in [0.25, 0.3) is 0 Å². The molecule has 0 aliphatic heterocycles. The summed E-state index contributed by atoms with van der Waals surface area (Å²) in [7, 11) is 0. The topological polar surface area (TPSA) is 237 Å². The molecule has 3 aliphatic rings. The number of unbranched alkanes of at least 4 members (excludes halogenated alkanes) is 2. The number of aliphatic carboxylic acids is 1. The second-order valence-corrected chi connectivity index (χ2v) is 16.9. The van der Waals surface area contributed by atoms with Crippen LogP contribution >= 0.6 is 0 Å². The molecule has 0 saturated heterocycles. The van der Waals surface area contributed by atoms with Gasteiger partial charge in [-0.2, -0.15) is 0 Å². The van der Waals surface area contributed by atoms with Crippen molar-refractivity contribution in [1.29, 1.82) is 0 Å². The van der Waals surface area contributed by atoms with E-state index in [1.807, 2.05) is 19.1 Å². The SMILES string of the molecule is CCCCCC(=CC(=O)OC(C(=O)O)C(CNCC)c1cc(O)c(O)c(O)c1)c1cc(O)c(O)c2c1C=C(c1cc(O)c(O)c3c1-c1cccc(O)c1CCC3)CC21CCCC1. The van der Waals surface area contributed by atoms with Crippen molar-refractivity contribution in [3.05, 3.63) is 87.5 Å². The minimum absolute atomic E-state index is 0.0346. The summed E-state index contributed by atoms with van der Waals surface area (Å²) >= 11 is 0. The molecule has 62 heavy (non-hydrogen) atoms. The standard InChI is InChI=1S/C49H55NO12/c1-3-5-6-11-26(21-41(56)62-47(48(60)61)35(25-50-4-2)27-19-37(52)45(58)38(53)20-27)32-22-40(55)46(59)43-34(32)18-28(24-49(43)16-7-8-17-49)33-23-39(54)44(57)31-14-9-12-29-30(42(31)33)13-10-15-36(29)51/h10,13,15,18-23,35,47,50-55,57-59H,3-9,11-12,14,16-17,24-25H2,1-2H3,(H,60,61). The first-order valence-electron chi connectivity index (χ1n) is 21.5. The van der Waals surface area contributed by atoms with Crippen LogP contribution in [0.3, 0.4) is 0 Å². The molecule has 2 unspecified atom stereocenters. The number of nitrogens with one attached hydrogen (secondary N) is 1. The summed E-state index contributed by atoms with van der Waals surface area (Å²) in [5.41, 5.74) is 5.57. The van der Waals surface area contributed by atoms with Crippen LogP contribution in [0, 0.1) is 0 Å². The fraction of sp³-hybridized carbons (Fsp3) is 0.388. The lowest BCUT2D eigenvalue weighted by Crippen LogP contribution is -2.38. The highest BCUT2D eigenvalue weighted by atomic mass is 16.6. The third-order valence-corrected chi connectivity index (χ3v) is 12.9. The molecule has 328 valence electrons. The van der Waals surface area contributed by atoms with E-state index in [0.29, 0.717) is 96.9 Å². The molecule has 4 aromatic carbocycles. The fourth-order valence-electron chi connectivity index (χ4n) is 9.98. The summed E-state index contributed by atoms with van der Waals surface area (Å²) in [6, 6.07) is 10.5. The monoisotopic (exact) mass is 849 g/mol. The van der Waals surface area contributed by atoms with Crippen LogP contribution in [-0.4, -0.2) is 77.1 Å². The summed E-state index contributed by atoms with van der Waals surface area (Å²) in [5, 5.41) is 101. The van der Waals surface area contributed by atoms with Crippen LogP contribution in [0.1, 0.15) is 123 Å². The van der Waals surface area contributed by atoms with Crippen LogP contribution < -0.4 is 5.32 Å². The normalized spacial score (nSPS) is 16.4. The molecule has 2 atom stereocenters. The molecule has 0 radical (unpaired) electrons. The Balaban J connectivity index is 1.40. The molecule has 0 heterocycles. The van der Waals surface area contributed by atoms with Gasteiger partial charge in [-0.05, 0) is 133 Å². The van der Waals surface area contributed by atoms with E-state index in [2.05, 4.69) is 5.32 Å². The molecule has 0 aromatic heterocycles. The zero-order valence-electron chi connectivity index (χ0n) is 35.0. The van der Waals surface area contributed by atoms with Crippen molar-refractivity contribution in [2.75, 3.05) is 13.1 Å². The van der Waals surface area contributed by atoms with Crippen molar-refractivity contribution in [2.24, 2.45) is 0 Å². The zero-order chi connectivity index (χ0) is 44.5. The largest absolute Gasteiger partial charge is 0.508 e. The Morgan fingerprint density at radius 3 is 2.15 bits per heavy atom. The molecule has 7 rings (SSSR count). The average molecular weight is 850 g/mol. The van der Waals surface area contributed by atoms with E-state index in [1.54, 1.807) is 25.1 Å². The maximum Gasteiger partial charge on any atom is 0.345 e. The summed E-state index contributed by atoms with van der Waals surface area (Å²) in [6.07, 6.45) is 8.95. The van der Waals surface area contributed by atoms with Crippen molar-refractivity contribution in [3.8, 4) is 57.1 Å². The number of likely N-dealkylation sites (N-methyl/N-ethyl adjacent to an activating group) is 1. The highest BCUT2D eigenvalue weighted by Crippen LogP contribution is 2.59. The molecule has 3 aliphatic carbocycles. The number of hydrogen-bond donors (Lipinski definition) is 10. The molecular formula is C49H55NO12. The van der Waals surface area contributed by atoms with Crippen LogP contribution in [0.25, 0.3) is 28.3 Å². The lowest BCUT2D eigenvalue weighted by atomic mass is 9.65. The first-order chi connectivity index (χ1) is 29.7. The summed E-state index contributed by atoms with van der Waals surface area (Å²) in [4.78, 5) is 27.0. The number of ether oxygens (including phenoxy) is 1. The Kier molecular flexibility index (Phi) is 12.7. The van der Waals surface area contributed by atoms with E-state index in [1.165, 1.54) is 12.1 Å². The third-order valence-electron chi connectivity index (χ3n) is 12.9. The number of carboxylic acids is 1. The van der Waals surface area contributed by atoms with E-state index in [0.717, 1.165) is 54.5 Å². The number of carbonyl (C=O) groups excluding carboxylic acids is 1. The Bertz CT molecular complexity index is 2440. The lowest BCUT2D eigenvalue weighted by Gasteiger charge is -2.38. The van der Waals surface area contributed by atoms with Crippen LogP contribution in [0.4, 0.5) is 0 Å². The Labute approximate surface area is 359 Å². The van der Waals surface area contributed by atoms with Gasteiger partial charge in [-0.3, -0.25) is 0 Å². The first-order valence-corrected chi connectivity index (χ1v) is 21.5. The smallest absolute Gasteiger partial charge is 0.345 e.